The number of benzene rings is 3. The molecule has 8 heterocycles. The molecule has 0 radical (unpaired) electrons. The van der Waals surface area contributed by atoms with Gasteiger partial charge in [0.1, 0.15) is 31.4 Å². The molecule has 2 fully saturated rings. The molecule has 0 aliphatic carbocycles. The number of cyclic esters (lactones) is 1. The molecule has 5 aliphatic heterocycles. The molecule has 5 aliphatic rings. The number of likely N-dealkylation sites (N-methyl/N-ethyl adjacent to an activating group) is 1. The van der Waals surface area contributed by atoms with E-state index in [1.54, 1.807) is 16.7 Å². The fourth-order valence-electron chi connectivity index (χ4n) is 10.8. The molecule has 3 aromatic carbocycles. The van der Waals surface area contributed by atoms with Crippen LogP contribution in [-0.4, -0.2) is 112 Å². The lowest BCUT2D eigenvalue weighted by Gasteiger charge is -2.38. The summed E-state index contributed by atoms with van der Waals surface area (Å²) < 4.78 is 19.3. The number of ether oxygens (including phenoxy) is 3. The number of aromatic nitrogens is 4. The highest BCUT2D eigenvalue weighted by atomic mass is 16.5. The third kappa shape index (κ3) is 9.34. The van der Waals surface area contributed by atoms with E-state index in [4.69, 9.17) is 34.4 Å². The van der Waals surface area contributed by atoms with Crippen LogP contribution in [0.3, 0.4) is 0 Å². The standard InChI is InChI=1S/C52H54N8O7.C2H3N.C2H6/c1-5-35-37-23-34(14-15-41(37)53-46-39(35)25-60-44(46)24-38-40(50(60)63)29-66-51(64)47(38)61)65-27-31(3)49(62)58-21-19-57(20-22-58)48-36-16-18-59(43-13-7-11-32-10-6-9-30(2)45(32)43)26-42(36)54-52(55-48)67-28-33-12-8-17-56(33)4;1-2-3;1-2/h6-7,9-11,13-15,23-24,33,47,61H,3,5,8,12,16-22,25-29H2,1-2,4H3;1H3;1-2H3. The molecule has 72 heavy (non-hydrogen) atoms. The largest absolute Gasteiger partial charge is 0.489 e. The molecule has 3 aromatic heterocycles. The maximum atomic E-state index is 13.9. The minimum absolute atomic E-state index is 0.0168. The summed E-state index contributed by atoms with van der Waals surface area (Å²) in [5.74, 6) is 0.554. The molecular weight excluding hydrogens is 911 g/mol. The van der Waals surface area contributed by atoms with Crippen molar-refractivity contribution in [2.45, 2.75) is 92.1 Å². The van der Waals surface area contributed by atoms with E-state index in [9.17, 15) is 19.5 Å². The Balaban J connectivity index is 0.00000124. The second-order valence-electron chi connectivity index (χ2n) is 18.7. The highest BCUT2D eigenvalue weighted by Crippen LogP contribution is 2.40. The van der Waals surface area contributed by atoms with E-state index in [2.05, 4.69) is 78.6 Å². The average Bonchev–Trinajstić information content (AvgIpc) is 4.00. The maximum absolute atomic E-state index is 13.9. The Morgan fingerprint density at radius 2 is 1.69 bits per heavy atom. The van der Waals surface area contributed by atoms with Crippen molar-refractivity contribution in [2.24, 2.45) is 0 Å². The molecule has 0 bridgehead atoms. The first-order valence-corrected chi connectivity index (χ1v) is 25.1. The van der Waals surface area contributed by atoms with Gasteiger partial charge in [0, 0.05) is 84.4 Å². The molecule has 16 heteroatoms. The monoisotopic (exact) mass is 973 g/mol. The van der Waals surface area contributed by atoms with E-state index >= 15 is 0 Å². The van der Waals surface area contributed by atoms with E-state index in [0.29, 0.717) is 87.1 Å². The molecule has 2 saturated heterocycles. The van der Waals surface area contributed by atoms with Crippen molar-refractivity contribution >= 4 is 45.1 Å². The van der Waals surface area contributed by atoms with Crippen LogP contribution in [0.1, 0.15) is 85.7 Å². The van der Waals surface area contributed by atoms with Gasteiger partial charge in [-0.3, -0.25) is 9.59 Å². The number of aryl methyl sites for hydroxylation is 2. The number of carbonyl (C=O) groups is 2. The topological polar surface area (TPSA) is 179 Å². The second-order valence-corrected chi connectivity index (χ2v) is 18.7. The minimum atomic E-state index is -1.51. The van der Waals surface area contributed by atoms with Crippen molar-refractivity contribution in [2.75, 3.05) is 69.3 Å². The molecule has 16 nitrogen and oxygen atoms in total. The Kier molecular flexibility index (Phi) is 14.6. The number of rotatable bonds is 10. The van der Waals surface area contributed by atoms with Crippen molar-refractivity contribution in [3.63, 3.8) is 0 Å². The SMILES string of the molecule is C=C(COc1ccc2nc3c(c(CC)c2c1)Cn1c-3cc2c(c1=O)COC(=O)C2O)C(=O)N1CCN(c2nc(OCC3CCCN3C)nc3c2CCN(c2cccc4cccc(C)c24)C3)CC1.CC.CC#N. The number of aliphatic hydroxyl groups excluding tert-OH is 1. The number of carbonyl (C=O) groups excluding carboxylic acids is 2. The fraction of sp³-hybridized carbons (Fsp3) is 0.411. The number of hydrogen-bond donors (Lipinski definition) is 1. The summed E-state index contributed by atoms with van der Waals surface area (Å²) in [6.45, 7) is 19.3. The smallest absolute Gasteiger partial charge is 0.340 e. The number of pyridine rings is 2. The third-order valence-corrected chi connectivity index (χ3v) is 14.5. The summed E-state index contributed by atoms with van der Waals surface area (Å²) in [5, 5.41) is 21.2. The number of aliphatic hydroxyl groups is 1. The van der Waals surface area contributed by atoms with Crippen LogP contribution in [0.15, 0.2) is 77.6 Å². The molecule has 2 atom stereocenters. The molecule has 1 N–H and O–H groups in total. The van der Waals surface area contributed by atoms with E-state index in [1.807, 2.05) is 36.9 Å². The summed E-state index contributed by atoms with van der Waals surface area (Å²) in [7, 11) is 2.15. The molecule has 11 rings (SSSR count). The number of hydrogen-bond acceptors (Lipinski definition) is 14. The van der Waals surface area contributed by atoms with Crippen LogP contribution in [0.25, 0.3) is 33.1 Å². The van der Waals surface area contributed by atoms with Crippen LogP contribution < -0.4 is 24.8 Å². The Labute approximate surface area is 420 Å². The van der Waals surface area contributed by atoms with Gasteiger partial charge in [0.05, 0.1) is 47.3 Å². The van der Waals surface area contributed by atoms with Gasteiger partial charge < -0.3 is 43.5 Å². The van der Waals surface area contributed by atoms with E-state index in [0.717, 1.165) is 71.5 Å². The number of piperazine rings is 1. The van der Waals surface area contributed by atoms with Crippen LogP contribution in [0.4, 0.5) is 11.5 Å². The van der Waals surface area contributed by atoms with Crippen LogP contribution in [0.2, 0.25) is 0 Å². The lowest BCUT2D eigenvalue weighted by atomic mass is 9.97. The van der Waals surface area contributed by atoms with E-state index in [-0.39, 0.29) is 35.8 Å². The van der Waals surface area contributed by atoms with E-state index in [1.165, 1.54) is 28.9 Å². The van der Waals surface area contributed by atoms with Crippen LogP contribution in [0.5, 0.6) is 11.8 Å². The van der Waals surface area contributed by atoms with Gasteiger partial charge in [0.15, 0.2) is 6.10 Å². The number of amides is 1. The van der Waals surface area contributed by atoms with Gasteiger partial charge in [-0.15, -0.1) is 0 Å². The molecular formula is C56H63N9O7. The number of anilines is 2. The number of nitrogens with zero attached hydrogens (tertiary/aromatic N) is 9. The third-order valence-electron chi connectivity index (χ3n) is 14.5. The highest BCUT2D eigenvalue weighted by molar-refractivity contribution is 5.97. The first kappa shape index (κ1) is 49.6. The summed E-state index contributed by atoms with van der Waals surface area (Å²) >= 11 is 0. The Morgan fingerprint density at radius 1 is 0.931 bits per heavy atom. The van der Waals surface area contributed by atoms with Gasteiger partial charge in [-0.25, -0.2) is 9.78 Å². The normalized spacial score (nSPS) is 17.9. The molecule has 6 aromatic rings. The summed E-state index contributed by atoms with van der Waals surface area (Å²) in [6.07, 6.45) is 2.19. The summed E-state index contributed by atoms with van der Waals surface area (Å²) in [6, 6.07) is 22.8. The zero-order valence-corrected chi connectivity index (χ0v) is 42.2. The lowest BCUT2D eigenvalue weighted by molar-refractivity contribution is -0.157. The first-order valence-electron chi connectivity index (χ1n) is 25.1. The highest BCUT2D eigenvalue weighted by Gasteiger charge is 2.35. The van der Waals surface area contributed by atoms with Crippen molar-refractivity contribution in [3.8, 4) is 29.2 Å². The number of likely N-dealkylation sites (tertiary alicyclic amines) is 1. The molecule has 2 unspecified atom stereocenters. The molecule has 0 spiro atoms. The number of esters is 1. The Bertz CT molecular complexity index is 3190. The predicted molar refractivity (Wildman–Crippen MR) is 277 cm³/mol. The average molecular weight is 974 g/mol. The number of fused-ring (bicyclic) bond motifs is 7. The van der Waals surface area contributed by atoms with Crippen molar-refractivity contribution in [1.29, 1.82) is 5.26 Å². The quantitative estimate of drug-likeness (QED) is 0.107. The number of nitriles is 1. The minimum Gasteiger partial charge on any atom is -0.489 e. The Hall–Kier alpha value is -7.35. The second kappa shape index (κ2) is 21.2. The van der Waals surface area contributed by atoms with Gasteiger partial charge >= 0.3 is 12.0 Å². The zero-order valence-electron chi connectivity index (χ0n) is 42.2. The van der Waals surface area contributed by atoms with Crippen molar-refractivity contribution in [1.82, 2.24) is 29.3 Å². The Morgan fingerprint density at radius 3 is 2.43 bits per heavy atom. The molecule has 374 valence electrons. The fourth-order valence-corrected chi connectivity index (χ4v) is 10.8. The van der Waals surface area contributed by atoms with E-state index < -0.39 is 12.1 Å². The van der Waals surface area contributed by atoms with Crippen LogP contribution in [-0.2, 0) is 46.9 Å². The summed E-state index contributed by atoms with van der Waals surface area (Å²) in [5.41, 5.74) is 9.07. The van der Waals surface area contributed by atoms with Gasteiger partial charge in [-0.1, -0.05) is 57.7 Å². The lowest BCUT2D eigenvalue weighted by Crippen LogP contribution is -2.50. The van der Waals surface area contributed by atoms with Crippen LogP contribution in [0, 0.1) is 18.3 Å². The molecule has 0 saturated carbocycles. The first-order chi connectivity index (χ1) is 35.0. The van der Waals surface area contributed by atoms with Gasteiger partial charge in [0.2, 0.25) is 0 Å². The zero-order chi connectivity index (χ0) is 50.8. The van der Waals surface area contributed by atoms with Gasteiger partial charge in [0.25, 0.3) is 11.5 Å². The predicted octanol–water partition coefficient (Wildman–Crippen LogP) is 7.21. The van der Waals surface area contributed by atoms with Crippen LogP contribution >= 0.6 is 0 Å². The van der Waals surface area contributed by atoms with Crippen molar-refractivity contribution < 1.29 is 28.9 Å². The van der Waals surface area contributed by atoms with Gasteiger partial charge in [-0.05, 0) is 93.0 Å². The van der Waals surface area contributed by atoms with Gasteiger partial charge in [-0.2, -0.15) is 15.2 Å². The summed E-state index contributed by atoms with van der Waals surface area (Å²) in [4.78, 5) is 63.6. The van der Waals surface area contributed by atoms with Crippen molar-refractivity contribution in [3.05, 3.63) is 122 Å². The maximum Gasteiger partial charge on any atom is 0.340 e. The molecule has 1 amide bonds.